The van der Waals surface area contributed by atoms with Crippen molar-refractivity contribution >= 4 is 40.9 Å². The Morgan fingerprint density at radius 2 is 1.70 bits per heavy atom. The van der Waals surface area contributed by atoms with Crippen molar-refractivity contribution in [1.82, 2.24) is 0 Å². The number of ether oxygens (including phenoxy) is 1. The molecule has 0 aliphatic rings. The number of nitrogens with zero attached hydrogens (tertiary/aromatic N) is 1. The average molecular weight is 437 g/mol. The Hall–Kier alpha value is -3.26. The molecule has 3 rings (SSSR count). The van der Waals surface area contributed by atoms with Crippen molar-refractivity contribution in [2.75, 3.05) is 5.32 Å². The summed E-state index contributed by atoms with van der Waals surface area (Å²) in [4.78, 5) is 12.5. The number of anilines is 1. The normalized spacial score (nSPS) is 10.9. The summed E-state index contributed by atoms with van der Waals surface area (Å²) in [7, 11) is 0. The van der Waals surface area contributed by atoms with Crippen molar-refractivity contribution in [3.63, 3.8) is 0 Å². The molecular weight excluding hydrogens is 419 g/mol. The third-order valence-corrected chi connectivity index (χ3v) is 4.88. The smallest absolute Gasteiger partial charge is 0.266 e. The molecule has 0 aromatic heterocycles. The third-order valence-electron chi connectivity index (χ3n) is 4.32. The van der Waals surface area contributed by atoms with E-state index in [1.807, 2.05) is 61.5 Å². The minimum atomic E-state index is -0.511. The molecule has 0 bridgehead atoms. The second-order valence-corrected chi connectivity index (χ2v) is 7.34. The highest BCUT2D eigenvalue weighted by molar-refractivity contribution is 6.37. The molecular formula is C24H18Cl2N2O2. The van der Waals surface area contributed by atoms with Crippen molar-refractivity contribution in [3.8, 4) is 11.8 Å². The Kier molecular flexibility index (Phi) is 7.13. The first-order valence-electron chi connectivity index (χ1n) is 9.12. The lowest BCUT2D eigenvalue weighted by Gasteiger charge is -2.11. The number of benzene rings is 3. The number of halogens is 2. The predicted molar refractivity (Wildman–Crippen MR) is 121 cm³/mol. The zero-order valence-electron chi connectivity index (χ0n) is 16.2. The van der Waals surface area contributed by atoms with E-state index in [0.717, 1.165) is 11.1 Å². The number of hydrogen-bond donors (Lipinski definition) is 1. The zero-order valence-corrected chi connectivity index (χ0v) is 17.7. The van der Waals surface area contributed by atoms with Crippen LogP contribution in [-0.4, -0.2) is 5.91 Å². The van der Waals surface area contributed by atoms with Gasteiger partial charge in [0, 0.05) is 5.69 Å². The first kappa shape index (κ1) is 21.4. The van der Waals surface area contributed by atoms with Crippen molar-refractivity contribution in [2.24, 2.45) is 0 Å². The Morgan fingerprint density at radius 1 is 1.07 bits per heavy atom. The van der Waals surface area contributed by atoms with E-state index in [9.17, 15) is 10.1 Å². The average Bonchev–Trinajstić information content (AvgIpc) is 2.73. The molecule has 0 atom stereocenters. The second kappa shape index (κ2) is 9.98. The van der Waals surface area contributed by atoms with Crippen LogP contribution in [0.2, 0.25) is 10.0 Å². The fourth-order valence-corrected chi connectivity index (χ4v) is 3.36. The van der Waals surface area contributed by atoms with Crippen LogP contribution in [0.3, 0.4) is 0 Å². The summed E-state index contributed by atoms with van der Waals surface area (Å²) in [5, 5.41) is 12.8. The Morgan fingerprint density at radius 3 is 2.33 bits per heavy atom. The molecule has 0 aliphatic carbocycles. The van der Waals surface area contributed by atoms with Crippen LogP contribution in [0.4, 0.5) is 5.69 Å². The summed E-state index contributed by atoms with van der Waals surface area (Å²) < 4.78 is 5.75. The monoisotopic (exact) mass is 436 g/mol. The lowest BCUT2D eigenvalue weighted by Crippen LogP contribution is -2.14. The van der Waals surface area contributed by atoms with Gasteiger partial charge in [-0.05, 0) is 47.9 Å². The Balaban J connectivity index is 1.79. The number of nitriles is 1. The van der Waals surface area contributed by atoms with Gasteiger partial charge in [0.2, 0.25) is 0 Å². The molecule has 0 saturated heterocycles. The highest BCUT2D eigenvalue weighted by Gasteiger charge is 2.13. The topological polar surface area (TPSA) is 62.1 Å². The van der Waals surface area contributed by atoms with Gasteiger partial charge >= 0.3 is 0 Å². The lowest BCUT2D eigenvalue weighted by molar-refractivity contribution is -0.112. The van der Waals surface area contributed by atoms with Crippen LogP contribution in [-0.2, 0) is 11.4 Å². The number of para-hydroxylation sites is 1. The highest BCUT2D eigenvalue weighted by atomic mass is 35.5. The molecule has 6 heteroatoms. The summed E-state index contributed by atoms with van der Waals surface area (Å²) in [6, 6.07) is 22.1. The van der Waals surface area contributed by atoms with Gasteiger partial charge in [0.05, 0.1) is 10.0 Å². The first-order chi connectivity index (χ1) is 14.5. The quantitative estimate of drug-likeness (QED) is 0.357. The Labute approximate surface area is 185 Å². The third kappa shape index (κ3) is 5.42. The van der Waals surface area contributed by atoms with Crippen molar-refractivity contribution in [2.45, 2.75) is 13.5 Å². The van der Waals surface area contributed by atoms with Gasteiger partial charge in [-0.1, -0.05) is 71.7 Å². The number of hydrogen-bond acceptors (Lipinski definition) is 3. The minimum absolute atomic E-state index is 0.0664. The fourth-order valence-electron chi connectivity index (χ4n) is 2.75. The molecule has 0 unspecified atom stereocenters. The molecule has 3 aromatic rings. The van der Waals surface area contributed by atoms with Gasteiger partial charge < -0.3 is 10.1 Å². The minimum Gasteiger partial charge on any atom is -0.486 e. The van der Waals surface area contributed by atoms with E-state index in [2.05, 4.69) is 5.32 Å². The van der Waals surface area contributed by atoms with Crippen molar-refractivity contribution < 1.29 is 9.53 Å². The van der Waals surface area contributed by atoms with Crippen LogP contribution in [0.25, 0.3) is 6.08 Å². The largest absolute Gasteiger partial charge is 0.486 e. The molecule has 0 aliphatic heterocycles. The standard InChI is InChI=1S/C24H18Cl2N2O2/c1-16-7-5-6-10-22(16)28-24(29)19(14-27)11-18-12-20(25)23(21(26)13-18)30-15-17-8-3-2-4-9-17/h2-13H,15H2,1H3,(H,28,29)/b19-11-. The van der Waals surface area contributed by atoms with Crippen molar-refractivity contribution in [3.05, 3.63) is 99.0 Å². The SMILES string of the molecule is Cc1ccccc1NC(=O)/C(C#N)=C\c1cc(Cl)c(OCc2ccccc2)c(Cl)c1. The van der Waals surface area contributed by atoms with Crippen LogP contribution in [0.15, 0.2) is 72.3 Å². The van der Waals surface area contributed by atoms with E-state index in [0.29, 0.717) is 33.7 Å². The predicted octanol–water partition coefficient (Wildman–Crippen LogP) is 6.43. The molecule has 0 fully saturated rings. The van der Waals surface area contributed by atoms with Gasteiger partial charge in [0.1, 0.15) is 18.2 Å². The summed E-state index contributed by atoms with van der Waals surface area (Å²) >= 11 is 12.7. The molecule has 4 nitrogen and oxygen atoms in total. The molecule has 1 amide bonds. The van der Waals surface area contributed by atoms with Gasteiger partial charge in [-0.25, -0.2) is 0 Å². The molecule has 0 spiro atoms. The summed E-state index contributed by atoms with van der Waals surface area (Å²) in [5.41, 5.74) is 2.98. The van der Waals surface area contributed by atoms with E-state index in [1.54, 1.807) is 18.2 Å². The number of rotatable bonds is 6. The van der Waals surface area contributed by atoms with Crippen LogP contribution < -0.4 is 10.1 Å². The molecule has 0 heterocycles. The van der Waals surface area contributed by atoms with Crippen LogP contribution >= 0.6 is 23.2 Å². The molecule has 1 N–H and O–H groups in total. The Bertz CT molecular complexity index is 1110. The van der Waals surface area contributed by atoms with Gasteiger partial charge in [-0.3, -0.25) is 4.79 Å². The lowest BCUT2D eigenvalue weighted by atomic mass is 10.1. The molecule has 0 saturated carbocycles. The summed E-state index contributed by atoms with van der Waals surface area (Å²) in [6.45, 7) is 2.19. The van der Waals surface area contributed by atoms with E-state index in [4.69, 9.17) is 27.9 Å². The molecule has 3 aromatic carbocycles. The van der Waals surface area contributed by atoms with Gasteiger partial charge in [-0.15, -0.1) is 0 Å². The molecule has 30 heavy (non-hydrogen) atoms. The van der Waals surface area contributed by atoms with E-state index in [1.165, 1.54) is 6.08 Å². The van der Waals surface area contributed by atoms with Crippen LogP contribution in [0.5, 0.6) is 5.75 Å². The number of nitrogens with one attached hydrogen (secondary N) is 1. The maximum absolute atomic E-state index is 12.5. The number of carbonyl (C=O) groups is 1. The maximum atomic E-state index is 12.5. The number of carbonyl (C=O) groups excluding carboxylic acids is 1. The number of amides is 1. The first-order valence-corrected chi connectivity index (χ1v) is 9.88. The van der Waals surface area contributed by atoms with Gasteiger partial charge in [0.25, 0.3) is 5.91 Å². The van der Waals surface area contributed by atoms with Gasteiger partial charge in [0.15, 0.2) is 5.75 Å². The van der Waals surface area contributed by atoms with Crippen LogP contribution in [0.1, 0.15) is 16.7 Å². The number of aryl methyl sites for hydroxylation is 1. The second-order valence-electron chi connectivity index (χ2n) is 6.53. The zero-order chi connectivity index (χ0) is 21.5. The van der Waals surface area contributed by atoms with Crippen LogP contribution in [0, 0.1) is 18.3 Å². The van der Waals surface area contributed by atoms with E-state index in [-0.39, 0.29) is 5.57 Å². The maximum Gasteiger partial charge on any atom is 0.266 e. The summed E-state index contributed by atoms with van der Waals surface area (Å²) in [5.74, 6) is -0.161. The van der Waals surface area contributed by atoms with Crippen molar-refractivity contribution in [1.29, 1.82) is 5.26 Å². The van der Waals surface area contributed by atoms with Gasteiger partial charge in [-0.2, -0.15) is 5.26 Å². The van der Waals surface area contributed by atoms with E-state index < -0.39 is 5.91 Å². The highest BCUT2D eigenvalue weighted by Crippen LogP contribution is 2.35. The fraction of sp³-hybridized carbons (Fsp3) is 0.0833. The van der Waals surface area contributed by atoms with E-state index >= 15 is 0 Å². The molecule has 150 valence electrons. The molecule has 0 radical (unpaired) electrons. The summed E-state index contributed by atoms with van der Waals surface area (Å²) in [6.07, 6.45) is 1.44.